The SMILES string of the molecule is CCCCCCCCCCCCCCCCCC(=O)OC[C@H](COP(OC)N(C(C)C)C(C)C)OC(=O)CCCCCCCCCCCCCCCCC. The summed E-state index contributed by atoms with van der Waals surface area (Å²) in [6.45, 7) is 13.2. The van der Waals surface area contributed by atoms with Crippen molar-refractivity contribution in [1.29, 1.82) is 0 Å². The molecule has 0 bridgehead atoms. The lowest BCUT2D eigenvalue weighted by molar-refractivity contribution is -0.161. The van der Waals surface area contributed by atoms with Crippen molar-refractivity contribution in [2.75, 3.05) is 20.3 Å². The minimum Gasteiger partial charge on any atom is -0.462 e. The standard InChI is InChI=1S/C46H92NO6P/c1-8-10-12-14-16-18-20-22-24-26-28-30-32-34-36-38-45(48)51-40-44(41-52-54(50-7)47(42(3)4)43(5)6)53-46(49)39-37-35-33-31-29-27-25-23-21-19-17-15-13-11-9-2/h42-44H,8-41H2,1-7H3/t44-,54?/m1/s1. The van der Waals surface area contributed by atoms with Crippen LogP contribution in [0.25, 0.3) is 0 Å². The smallest absolute Gasteiger partial charge is 0.306 e. The second kappa shape index (κ2) is 40.4. The second-order valence-corrected chi connectivity index (χ2v) is 18.0. The van der Waals surface area contributed by atoms with Crippen LogP contribution in [0.3, 0.4) is 0 Å². The summed E-state index contributed by atoms with van der Waals surface area (Å²) in [5.41, 5.74) is 0. The van der Waals surface area contributed by atoms with Crippen molar-refractivity contribution >= 4 is 20.5 Å². The molecule has 0 aromatic rings. The van der Waals surface area contributed by atoms with Crippen LogP contribution in [0, 0.1) is 0 Å². The molecule has 0 aliphatic rings. The van der Waals surface area contributed by atoms with Gasteiger partial charge in [-0.25, -0.2) is 4.67 Å². The molecule has 322 valence electrons. The topological polar surface area (TPSA) is 74.3 Å². The molecule has 0 rings (SSSR count). The lowest BCUT2D eigenvalue weighted by Gasteiger charge is -2.35. The van der Waals surface area contributed by atoms with Gasteiger partial charge in [0.1, 0.15) is 6.61 Å². The first-order chi connectivity index (χ1) is 26.3. The molecule has 0 aliphatic carbocycles. The van der Waals surface area contributed by atoms with Crippen molar-refractivity contribution < 1.29 is 28.1 Å². The fourth-order valence-corrected chi connectivity index (χ4v) is 8.71. The summed E-state index contributed by atoms with van der Waals surface area (Å²) in [5, 5.41) is 0. The van der Waals surface area contributed by atoms with Gasteiger partial charge in [0.2, 0.25) is 0 Å². The molecule has 0 radical (unpaired) electrons. The summed E-state index contributed by atoms with van der Waals surface area (Å²) in [7, 11) is 0.313. The highest BCUT2D eigenvalue weighted by atomic mass is 31.2. The highest BCUT2D eigenvalue weighted by Crippen LogP contribution is 2.45. The van der Waals surface area contributed by atoms with Gasteiger partial charge < -0.3 is 18.5 Å². The highest BCUT2D eigenvalue weighted by Gasteiger charge is 2.28. The Kier molecular flexibility index (Phi) is 39.9. The van der Waals surface area contributed by atoms with Gasteiger partial charge in [-0.1, -0.05) is 194 Å². The molecule has 0 N–H and O–H groups in total. The Morgan fingerprint density at radius 3 is 1.09 bits per heavy atom. The number of hydrogen-bond donors (Lipinski definition) is 0. The Balaban J connectivity index is 4.37. The fraction of sp³-hybridized carbons (Fsp3) is 0.957. The third-order valence-corrected chi connectivity index (χ3v) is 12.5. The monoisotopic (exact) mass is 786 g/mol. The molecule has 0 amide bonds. The average Bonchev–Trinajstić information content (AvgIpc) is 3.14. The van der Waals surface area contributed by atoms with Crippen LogP contribution in [0.5, 0.6) is 0 Å². The van der Waals surface area contributed by atoms with Gasteiger partial charge in [-0.15, -0.1) is 0 Å². The summed E-state index contributed by atoms with van der Waals surface area (Å²) in [5.74, 6) is -0.476. The number of carbonyl (C=O) groups excluding carboxylic acids is 2. The fourth-order valence-electron chi connectivity index (χ4n) is 7.23. The maximum Gasteiger partial charge on any atom is 0.306 e. The summed E-state index contributed by atoms with van der Waals surface area (Å²) in [6.07, 6.45) is 38.8. The van der Waals surface area contributed by atoms with E-state index in [1.54, 1.807) is 7.11 Å². The molecule has 54 heavy (non-hydrogen) atoms. The molecule has 0 aromatic carbocycles. The second-order valence-electron chi connectivity index (χ2n) is 16.5. The summed E-state index contributed by atoms with van der Waals surface area (Å²) in [6, 6.07) is 0.463. The average molecular weight is 786 g/mol. The first kappa shape index (κ1) is 53.2. The lowest BCUT2D eigenvalue weighted by atomic mass is 10.0. The zero-order chi connectivity index (χ0) is 39.9. The number of hydrogen-bond acceptors (Lipinski definition) is 7. The Morgan fingerprint density at radius 2 is 0.778 bits per heavy atom. The molecule has 1 unspecified atom stereocenters. The molecule has 0 saturated carbocycles. The van der Waals surface area contributed by atoms with Gasteiger partial charge in [0.15, 0.2) is 6.10 Å². The Morgan fingerprint density at radius 1 is 0.463 bits per heavy atom. The van der Waals surface area contributed by atoms with Crippen molar-refractivity contribution in [3.8, 4) is 0 Å². The van der Waals surface area contributed by atoms with E-state index >= 15 is 0 Å². The molecular weight excluding hydrogens is 693 g/mol. The highest BCUT2D eigenvalue weighted by molar-refractivity contribution is 7.44. The molecule has 0 aliphatic heterocycles. The maximum atomic E-state index is 12.9. The van der Waals surface area contributed by atoms with Crippen molar-refractivity contribution in [1.82, 2.24) is 4.67 Å². The number of esters is 2. The zero-order valence-electron chi connectivity index (χ0n) is 37.1. The van der Waals surface area contributed by atoms with Crippen LogP contribution in [-0.2, 0) is 28.1 Å². The molecule has 0 aromatic heterocycles. The van der Waals surface area contributed by atoms with Crippen LogP contribution < -0.4 is 0 Å². The number of carbonyl (C=O) groups is 2. The van der Waals surface area contributed by atoms with Crippen LogP contribution in [0.4, 0.5) is 0 Å². The minimum atomic E-state index is -1.34. The van der Waals surface area contributed by atoms with E-state index in [1.165, 1.54) is 161 Å². The molecule has 0 fully saturated rings. The molecule has 8 heteroatoms. The van der Waals surface area contributed by atoms with Crippen molar-refractivity contribution in [3.63, 3.8) is 0 Å². The van der Waals surface area contributed by atoms with Gasteiger partial charge in [-0.2, -0.15) is 0 Å². The first-order valence-corrected chi connectivity index (χ1v) is 24.5. The van der Waals surface area contributed by atoms with E-state index in [0.717, 1.165) is 32.1 Å². The van der Waals surface area contributed by atoms with E-state index in [9.17, 15) is 9.59 Å². The third kappa shape index (κ3) is 34.5. The molecule has 2 atom stereocenters. The Bertz CT molecular complexity index is 804. The number of nitrogens with zero attached hydrogens (tertiary/aromatic N) is 1. The normalized spacial score (nSPS) is 12.9. The predicted octanol–water partition coefficient (Wildman–Crippen LogP) is 15.0. The van der Waals surface area contributed by atoms with Crippen LogP contribution >= 0.6 is 8.53 Å². The number of rotatable bonds is 42. The molecule has 0 saturated heterocycles. The summed E-state index contributed by atoms with van der Waals surface area (Å²) < 4.78 is 25.6. The van der Waals surface area contributed by atoms with E-state index < -0.39 is 14.6 Å². The van der Waals surface area contributed by atoms with Crippen LogP contribution in [-0.4, -0.2) is 55.1 Å². The van der Waals surface area contributed by atoms with Gasteiger partial charge in [0, 0.05) is 32.0 Å². The molecule has 0 heterocycles. The molecule has 7 nitrogen and oxygen atoms in total. The maximum absolute atomic E-state index is 12.9. The zero-order valence-corrected chi connectivity index (χ0v) is 38.0. The predicted molar refractivity (Wildman–Crippen MR) is 232 cm³/mol. The Labute approximate surface area is 337 Å². The van der Waals surface area contributed by atoms with Gasteiger partial charge in [0.05, 0.1) is 6.61 Å². The van der Waals surface area contributed by atoms with Gasteiger partial charge in [-0.3, -0.25) is 9.59 Å². The summed E-state index contributed by atoms with van der Waals surface area (Å²) in [4.78, 5) is 25.5. The van der Waals surface area contributed by atoms with Crippen molar-refractivity contribution in [3.05, 3.63) is 0 Å². The van der Waals surface area contributed by atoms with Crippen LogP contribution in [0.15, 0.2) is 0 Å². The number of ether oxygens (including phenoxy) is 2. The first-order valence-electron chi connectivity index (χ1n) is 23.4. The van der Waals surface area contributed by atoms with Crippen LogP contribution in [0.2, 0.25) is 0 Å². The largest absolute Gasteiger partial charge is 0.462 e. The summed E-state index contributed by atoms with van der Waals surface area (Å²) >= 11 is 0. The van der Waals surface area contributed by atoms with E-state index in [1.807, 2.05) is 0 Å². The van der Waals surface area contributed by atoms with E-state index in [4.69, 9.17) is 18.5 Å². The lowest BCUT2D eigenvalue weighted by Crippen LogP contribution is -2.35. The van der Waals surface area contributed by atoms with E-state index in [2.05, 4.69) is 46.2 Å². The van der Waals surface area contributed by atoms with Gasteiger partial charge >= 0.3 is 11.9 Å². The Hall–Kier alpha value is -0.750. The molecule has 0 spiro atoms. The van der Waals surface area contributed by atoms with E-state index in [-0.39, 0.29) is 37.2 Å². The number of unbranched alkanes of at least 4 members (excludes halogenated alkanes) is 28. The van der Waals surface area contributed by atoms with E-state index in [0.29, 0.717) is 12.8 Å². The molecular formula is C46H92NO6P. The quantitative estimate of drug-likeness (QED) is 0.0346. The minimum absolute atomic E-state index is 0.0123. The van der Waals surface area contributed by atoms with Gasteiger partial charge in [0.25, 0.3) is 8.53 Å². The van der Waals surface area contributed by atoms with Crippen LogP contribution in [0.1, 0.15) is 247 Å². The van der Waals surface area contributed by atoms with Crippen molar-refractivity contribution in [2.45, 2.75) is 265 Å². The third-order valence-electron chi connectivity index (χ3n) is 10.5. The van der Waals surface area contributed by atoms with Crippen molar-refractivity contribution in [2.24, 2.45) is 0 Å². The van der Waals surface area contributed by atoms with Gasteiger partial charge in [-0.05, 0) is 40.5 Å².